The maximum absolute atomic E-state index is 13.4. The molecular weight excluding hydrogens is 566 g/mol. The standard InChI is InChI=1S/C32H37N5O7/c1-20-6-2-3-7-24(20)37-32(42)34-23-12-9-21(10-13-23)16-29(38)35-25(8-4-5-15-33)31(41)36-26(18-30(39)40)22-11-14-27-28(17-22)44-19-43-27/h2-3,6-7,9-14,17,25-26H,4-5,8,15-16,18-19,33H2,1H3,(H,35,38)(H,36,41)(H,39,40)(H2,34,37,42)/t25-,26-/m0/s1. The number of amides is 4. The van der Waals surface area contributed by atoms with Crippen LogP contribution in [0.2, 0.25) is 0 Å². The maximum Gasteiger partial charge on any atom is 0.323 e. The fraction of sp³-hybridized carbons (Fsp3) is 0.312. The fourth-order valence-electron chi connectivity index (χ4n) is 4.73. The van der Waals surface area contributed by atoms with E-state index in [0.29, 0.717) is 59.8 Å². The van der Waals surface area contributed by atoms with Gasteiger partial charge in [-0.3, -0.25) is 14.4 Å². The van der Waals surface area contributed by atoms with Crippen LogP contribution in [0.15, 0.2) is 66.7 Å². The second-order valence-corrected chi connectivity index (χ2v) is 10.4. The zero-order valence-electron chi connectivity index (χ0n) is 24.4. The number of unbranched alkanes of at least 4 members (excludes halogenated alkanes) is 1. The molecular formula is C32H37N5O7. The van der Waals surface area contributed by atoms with Crippen LogP contribution < -0.4 is 36.5 Å². The largest absolute Gasteiger partial charge is 0.481 e. The molecule has 0 saturated heterocycles. The molecule has 0 radical (unpaired) electrons. The minimum absolute atomic E-state index is 0.00291. The van der Waals surface area contributed by atoms with Crippen molar-refractivity contribution >= 4 is 35.2 Å². The molecule has 12 nitrogen and oxygen atoms in total. The molecule has 4 rings (SSSR count). The molecule has 4 amide bonds. The first-order valence-electron chi connectivity index (χ1n) is 14.4. The van der Waals surface area contributed by atoms with Gasteiger partial charge in [0.1, 0.15) is 6.04 Å². The number of benzene rings is 3. The summed E-state index contributed by atoms with van der Waals surface area (Å²) >= 11 is 0. The lowest BCUT2D eigenvalue weighted by Gasteiger charge is -2.23. The van der Waals surface area contributed by atoms with Crippen LogP contribution in [0.5, 0.6) is 11.5 Å². The molecule has 0 bridgehead atoms. The number of anilines is 2. The van der Waals surface area contributed by atoms with E-state index in [1.807, 2.05) is 31.2 Å². The number of aliphatic carboxylic acids is 1. The zero-order valence-corrected chi connectivity index (χ0v) is 24.4. The van der Waals surface area contributed by atoms with Crippen LogP contribution in [0.25, 0.3) is 0 Å². The number of carbonyl (C=O) groups excluding carboxylic acids is 3. The SMILES string of the molecule is Cc1ccccc1NC(=O)Nc1ccc(CC(=O)N[C@@H](CCCCN)C(=O)N[C@@H](CC(=O)O)c2ccc3c(c2)OCO3)cc1. The summed E-state index contributed by atoms with van der Waals surface area (Å²) in [5, 5.41) is 20.6. The van der Waals surface area contributed by atoms with Crippen molar-refractivity contribution in [3.05, 3.63) is 83.4 Å². The Morgan fingerprint density at radius 1 is 0.909 bits per heavy atom. The highest BCUT2D eigenvalue weighted by Crippen LogP contribution is 2.35. The van der Waals surface area contributed by atoms with Crippen LogP contribution in [0.3, 0.4) is 0 Å². The first-order valence-corrected chi connectivity index (χ1v) is 14.4. The van der Waals surface area contributed by atoms with Crippen LogP contribution in [0, 0.1) is 6.92 Å². The molecule has 0 aromatic heterocycles. The summed E-state index contributed by atoms with van der Waals surface area (Å²) in [7, 11) is 0. The van der Waals surface area contributed by atoms with E-state index in [2.05, 4.69) is 21.3 Å². The number of carboxylic acids is 1. The number of fused-ring (bicyclic) bond motifs is 1. The number of carboxylic acid groups (broad SMARTS) is 1. The molecule has 0 fully saturated rings. The van der Waals surface area contributed by atoms with Crippen molar-refractivity contribution in [2.24, 2.45) is 5.73 Å². The molecule has 3 aromatic rings. The Bertz CT molecular complexity index is 1480. The molecule has 1 aliphatic heterocycles. The molecule has 12 heteroatoms. The third-order valence-electron chi connectivity index (χ3n) is 7.06. The van der Waals surface area contributed by atoms with Gasteiger partial charge in [0, 0.05) is 11.4 Å². The topological polar surface area (TPSA) is 181 Å². The number of hydrogen-bond donors (Lipinski definition) is 6. The van der Waals surface area contributed by atoms with E-state index < -0.39 is 30.0 Å². The van der Waals surface area contributed by atoms with Crippen LogP contribution in [-0.2, 0) is 20.8 Å². The van der Waals surface area contributed by atoms with E-state index in [1.165, 1.54) is 0 Å². The highest BCUT2D eigenvalue weighted by atomic mass is 16.7. The van der Waals surface area contributed by atoms with E-state index in [-0.39, 0.29) is 25.5 Å². The molecule has 2 atom stereocenters. The predicted molar refractivity (Wildman–Crippen MR) is 165 cm³/mol. The highest BCUT2D eigenvalue weighted by molar-refractivity contribution is 6.00. The van der Waals surface area contributed by atoms with Gasteiger partial charge in [-0.15, -0.1) is 0 Å². The Morgan fingerprint density at radius 3 is 2.39 bits per heavy atom. The quantitative estimate of drug-likeness (QED) is 0.150. The summed E-state index contributed by atoms with van der Waals surface area (Å²) in [6.07, 6.45) is 1.21. The van der Waals surface area contributed by atoms with E-state index in [9.17, 15) is 24.3 Å². The Balaban J connectivity index is 1.36. The van der Waals surface area contributed by atoms with Crippen molar-refractivity contribution in [3.8, 4) is 11.5 Å². The summed E-state index contributed by atoms with van der Waals surface area (Å²) < 4.78 is 10.7. The third kappa shape index (κ3) is 9.20. The second kappa shape index (κ2) is 15.4. The van der Waals surface area contributed by atoms with E-state index in [0.717, 1.165) is 5.56 Å². The van der Waals surface area contributed by atoms with Gasteiger partial charge in [0.25, 0.3) is 0 Å². The van der Waals surface area contributed by atoms with Crippen LogP contribution in [-0.4, -0.2) is 48.3 Å². The number of para-hydroxylation sites is 1. The summed E-state index contributed by atoms with van der Waals surface area (Å²) in [5.41, 5.74) is 9.04. The molecule has 1 aliphatic rings. The average Bonchev–Trinajstić information content (AvgIpc) is 3.46. The Kier molecular flexibility index (Phi) is 11.1. The van der Waals surface area contributed by atoms with Gasteiger partial charge >= 0.3 is 12.0 Å². The lowest BCUT2D eigenvalue weighted by Crippen LogP contribution is -2.48. The van der Waals surface area contributed by atoms with E-state index in [4.69, 9.17) is 15.2 Å². The Labute approximate surface area is 255 Å². The van der Waals surface area contributed by atoms with Crippen molar-refractivity contribution < 1.29 is 33.8 Å². The van der Waals surface area contributed by atoms with Gasteiger partial charge in [0.15, 0.2) is 11.5 Å². The van der Waals surface area contributed by atoms with Gasteiger partial charge in [-0.2, -0.15) is 0 Å². The van der Waals surface area contributed by atoms with Gasteiger partial charge in [-0.05, 0) is 79.8 Å². The van der Waals surface area contributed by atoms with Crippen molar-refractivity contribution in [1.82, 2.24) is 10.6 Å². The van der Waals surface area contributed by atoms with Crippen molar-refractivity contribution in [1.29, 1.82) is 0 Å². The van der Waals surface area contributed by atoms with Gasteiger partial charge in [-0.1, -0.05) is 36.4 Å². The molecule has 3 aromatic carbocycles. The summed E-state index contributed by atoms with van der Waals surface area (Å²) in [6.45, 7) is 2.40. The lowest BCUT2D eigenvalue weighted by molar-refractivity contribution is -0.138. The van der Waals surface area contributed by atoms with E-state index in [1.54, 1.807) is 42.5 Å². The smallest absolute Gasteiger partial charge is 0.323 e. The molecule has 0 aliphatic carbocycles. The number of carbonyl (C=O) groups is 4. The number of urea groups is 1. The molecule has 7 N–H and O–H groups in total. The molecule has 0 unspecified atom stereocenters. The van der Waals surface area contributed by atoms with Crippen molar-refractivity contribution in [2.45, 2.75) is 51.1 Å². The lowest BCUT2D eigenvalue weighted by atomic mass is 10.0. The van der Waals surface area contributed by atoms with Crippen molar-refractivity contribution in [3.63, 3.8) is 0 Å². The van der Waals surface area contributed by atoms with Gasteiger partial charge in [0.2, 0.25) is 18.6 Å². The number of nitrogens with one attached hydrogen (secondary N) is 4. The summed E-state index contributed by atoms with van der Waals surface area (Å²) in [5.74, 6) is -0.974. The number of aryl methyl sites for hydroxylation is 1. The second-order valence-electron chi connectivity index (χ2n) is 10.4. The molecule has 232 valence electrons. The monoisotopic (exact) mass is 603 g/mol. The number of hydrogen-bond acceptors (Lipinski definition) is 7. The number of rotatable bonds is 14. The maximum atomic E-state index is 13.4. The van der Waals surface area contributed by atoms with Crippen LogP contribution >= 0.6 is 0 Å². The van der Waals surface area contributed by atoms with Crippen LogP contribution in [0.4, 0.5) is 16.2 Å². The average molecular weight is 604 g/mol. The third-order valence-corrected chi connectivity index (χ3v) is 7.06. The Hall–Kier alpha value is -5.10. The van der Waals surface area contributed by atoms with Gasteiger partial charge < -0.3 is 41.6 Å². The predicted octanol–water partition coefficient (Wildman–Crippen LogP) is 3.86. The Morgan fingerprint density at radius 2 is 1.66 bits per heavy atom. The van der Waals surface area contributed by atoms with Crippen LogP contribution in [0.1, 0.15) is 48.4 Å². The normalized spacial score (nSPS) is 13.0. The fourth-order valence-corrected chi connectivity index (χ4v) is 4.73. The molecule has 1 heterocycles. The number of ether oxygens (including phenoxy) is 2. The summed E-state index contributed by atoms with van der Waals surface area (Å²) in [4.78, 5) is 50.4. The summed E-state index contributed by atoms with van der Waals surface area (Å²) in [6, 6.07) is 17.1. The minimum Gasteiger partial charge on any atom is -0.481 e. The first-order chi connectivity index (χ1) is 21.2. The van der Waals surface area contributed by atoms with Gasteiger partial charge in [0.05, 0.1) is 18.9 Å². The molecule has 44 heavy (non-hydrogen) atoms. The highest BCUT2D eigenvalue weighted by Gasteiger charge is 2.26. The van der Waals surface area contributed by atoms with Gasteiger partial charge in [-0.25, -0.2) is 4.79 Å². The molecule has 0 saturated carbocycles. The molecule has 0 spiro atoms. The first kappa shape index (κ1) is 31.8. The zero-order chi connectivity index (χ0) is 31.5. The van der Waals surface area contributed by atoms with E-state index >= 15 is 0 Å². The number of nitrogens with two attached hydrogens (primary N) is 1. The minimum atomic E-state index is -1.10. The van der Waals surface area contributed by atoms with Crippen molar-refractivity contribution in [2.75, 3.05) is 24.0 Å².